The Morgan fingerprint density at radius 1 is 1.42 bits per heavy atom. The van der Waals surface area contributed by atoms with Gasteiger partial charge >= 0.3 is 0 Å². The van der Waals surface area contributed by atoms with Crippen molar-refractivity contribution in [3.63, 3.8) is 0 Å². The maximum atomic E-state index is 8.63. The van der Waals surface area contributed by atoms with E-state index in [1.165, 1.54) is 0 Å². The van der Waals surface area contributed by atoms with E-state index in [1.54, 1.807) is 22.9 Å². The minimum atomic E-state index is -0.0647. The Labute approximate surface area is 110 Å². The standard InChI is InChI=1S/C12H15N5O2/c1-7-11(8(2)17(3)15-7)19-10-6-4-5-9(14-10)12(13)16-18/h4-6,18H,1-3H3,(H2,13,16). The largest absolute Gasteiger partial charge is 0.435 e. The van der Waals surface area contributed by atoms with Crippen LogP contribution in [0, 0.1) is 13.8 Å². The highest BCUT2D eigenvalue weighted by molar-refractivity contribution is 5.95. The van der Waals surface area contributed by atoms with Crippen LogP contribution in [0.2, 0.25) is 0 Å². The van der Waals surface area contributed by atoms with E-state index in [4.69, 9.17) is 15.7 Å². The van der Waals surface area contributed by atoms with Crippen LogP contribution in [0.5, 0.6) is 11.6 Å². The molecule has 0 radical (unpaired) electrons. The van der Waals surface area contributed by atoms with Crippen LogP contribution in [-0.4, -0.2) is 25.8 Å². The molecule has 0 fully saturated rings. The molecule has 0 unspecified atom stereocenters. The second-order valence-electron chi connectivity index (χ2n) is 4.07. The Morgan fingerprint density at radius 3 is 2.74 bits per heavy atom. The molecule has 7 heteroatoms. The summed E-state index contributed by atoms with van der Waals surface area (Å²) in [6.45, 7) is 3.76. The summed E-state index contributed by atoms with van der Waals surface area (Å²) >= 11 is 0. The van der Waals surface area contributed by atoms with E-state index in [0.29, 0.717) is 17.3 Å². The van der Waals surface area contributed by atoms with Gasteiger partial charge in [0.15, 0.2) is 11.6 Å². The first-order valence-corrected chi connectivity index (χ1v) is 5.66. The van der Waals surface area contributed by atoms with Crippen LogP contribution in [-0.2, 0) is 7.05 Å². The third kappa shape index (κ3) is 2.49. The fraction of sp³-hybridized carbons (Fsp3) is 0.250. The Bertz CT molecular complexity index is 633. The van der Waals surface area contributed by atoms with E-state index in [1.807, 2.05) is 20.9 Å². The van der Waals surface area contributed by atoms with Crippen LogP contribution in [0.25, 0.3) is 0 Å². The van der Waals surface area contributed by atoms with E-state index in [9.17, 15) is 0 Å². The predicted octanol–water partition coefficient (Wildman–Crippen LogP) is 1.32. The number of rotatable bonds is 3. The van der Waals surface area contributed by atoms with Gasteiger partial charge in [-0.3, -0.25) is 4.68 Å². The number of oxime groups is 1. The molecule has 100 valence electrons. The van der Waals surface area contributed by atoms with Gasteiger partial charge in [-0.25, -0.2) is 4.98 Å². The second-order valence-corrected chi connectivity index (χ2v) is 4.07. The average molecular weight is 261 g/mol. The van der Waals surface area contributed by atoms with Gasteiger partial charge in [0.05, 0.1) is 5.69 Å². The minimum absolute atomic E-state index is 0.0647. The van der Waals surface area contributed by atoms with Gasteiger partial charge in [-0.1, -0.05) is 11.2 Å². The lowest BCUT2D eigenvalue weighted by Crippen LogP contribution is -2.14. The highest BCUT2D eigenvalue weighted by Crippen LogP contribution is 2.26. The van der Waals surface area contributed by atoms with Crippen molar-refractivity contribution in [1.29, 1.82) is 0 Å². The van der Waals surface area contributed by atoms with Crippen LogP contribution in [0.3, 0.4) is 0 Å². The lowest BCUT2D eigenvalue weighted by Gasteiger charge is -2.06. The van der Waals surface area contributed by atoms with E-state index >= 15 is 0 Å². The van der Waals surface area contributed by atoms with E-state index < -0.39 is 0 Å². The van der Waals surface area contributed by atoms with Crippen molar-refractivity contribution in [1.82, 2.24) is 14.8 Å². The molecule has 2 heterocycles. The third-order valence-electron chi connectivity index (χ3n) is 2.74. The number of nitrogens with zero attached hydrogens (tertiary/aromatic N) is 4. The molecular formula is C12H15N5O2. The predicted molar refractivity (Wildman–Crippen MR) is 69.5 cm³/mol. The number of hydrogen-bond acceptors (Lipinski definition) is 5. The van der Waals surface area contributed by atoms with Crippen LogP contribution in [0.4, 0.5) is 0 Å². The van der Waals surface area contributed by atoms with E-state index in [2.05, 4.69) is 15.2 Å². The average Bonchev–Trinajstić information content (AvgIpc) is 2.65. The van der Waals surface area contributed by atoms with Crippen molar-refractivity contribution in [3.8, 4) is 11.6 Å². The summed E-state index contributed by atoms with van der Waals surface area (Å²) in [5, 5.41) is 15.8. The van der Waals surface area contributed by atoms with Crippen molar-refractivity contribution in [3.05, 3.63) is 35.3 Å². The maximum absolute atomic E-state index is 8.63. The molecule has 19 heavy (non-hydrogen) atoms. The van der Waals surface area contributed by atoms with Gasteiger partial charge in [0.1, 0.15) is 11.4 Å². The third-order valence-corrected chi connectivity index (χ3v) is 2.74. The maximum Gasteiger partial charge on any atom is 0.220 e. The molecule has 3 N–H and O–H groups in total. The summed E-state index contributed by atoms with van der Waals surface area (Å²) in [5.74, 6) is 0.958. The van der Waals surface area contributed by atoms with Gasteiger partial charge in [-0.05, 0) is 19.9 Å². The van der Waals surface area contributed by atoms with Gasteiger partial charge in [0, 0.05) is 13.1 Å². The first-order valence-electron chi connectivity index (χ1n) is 5.66. The van der Waals surface area contributed by atoms with E-state index in [0.717, 1.165) is 11.4 Å². The molecule has 2 aromatic heterocycles. The monoisotopic (exact) mass is 261 g/mol. The SMILES string of the molecule is Cc1nn(C)c(C)c1Oc1cccc(C(N)=NO)n1. The summed E-state index contributed by atoms with van der Waals surface area (Å²) in [4.78, 5) is 4.16. The molecule has 0 saturated carbocycles. The van der Waals surface area contributed by atoms with Crippen molar-refractivity contribution >= 4 is 5.84 Å². The molecule has 0 atom stereocenters. The smallest absolute Gasteiger partial charge is 0.220 e. The normalized spacial score (nSPS) is 11.6. The summed E-state index contributed by atoms with van der Waals surface area (Å²) in [5.41, 5.74) is 7.50. The molecule has 0 spiro atoms. The first-order chi connectivity index (χ1) is 9.02. The topological polar surface area (TPSA) is 98.6 Å². The molecule has 0 aliphatic rings. The van der Waals surface area contributed by atoms with E-state index in [-0.39, 0.29) is 5.84 Å². The molecule has 0 saturated heterocycles. The number of aryl methyl sites for hydroxylation is 2. The van der Waals surface area contributed by atoms with Gasteiger partial charge in [0.25, 0.3) is 0 Å². The van der Waals surface area contributed by atoms with Crippen molar-refractivity contribution in [2.45, 2.75) is 13.8 Å². The number of nitrogens with two attached hydrogens (primary N) is 1. The van der Waals surface area contributed by atoms with Crippen LogP contribution >= 0.6 is 0 Å². The summed E-state index contributed by atoms with van der Waals surface area (Å²) in [6.07, 6.45) is 0. The lowest BCUT2D eigenvalue weighted by molar-refractivity contribution is 0.318. The summed E-state index contributed by atoms with van der Waals surface area (Å²) < 4.78 is 7.44. The number of hydrogen-bond donors (Lipinski definition) is 2. The Hall–Kier alpha value is -2.57. The molecule has 2 aromatic rings. The van der Waals surface area contributed by atoms with Gasteiger partial charge in [0.2, 0.25) is 5.88 Å². The molecule has 2 rings (SSSR count). The second kappa shape index (κ2) is 4.97. The molecule has 0 aliphatic heterocycles. The zero-order valence-electron chi connectivity index (χ0n) is 11.0. The molecular weight excluding hydrogens is 246 g/mol. The fourth-order valence-corrected chi connectivity index (χ4v) is 1.67. The zero-order valence-corrected chi connectivity index (χ0v) is 11.0. The molecule has 0 aromatic carbocycles. The van der Waals surface area contributed by atoms with Gasteiger partial charge < -0.3 is 15.7 Å². The highest BCUT2D eigenvalue weighted by atomic mass is 16.5. The minimum Gasteiger partial charge on any atom is -0.435 e. The Morgan fingerprint density at radius 2 is 2.16 bits per heavy atom. The molecule has 7 nitrogen and oxygen atoms in total. The summed E-state index contributed by atoms with van der Waals surface area (Å²) in [7, 11) is 1.84. The zero-order chi connectivity index (χ0) is 14.0. The van der Waals surface area contributed by atoms with Crippen LogP contribution in [0.1, 0.15) is 17.1 Å². The fourth-order valence-electron chi connectivity index (χ4n) is 1.67. The molecule has 0 bridgehead atoms. The van der Waals surface area contributed by atoms with Gasteiger partial charge in [-0.15, -0.1) is 0 Å². The van der Waals surface area contributed by atoms with Crippen molar-refractivity contribution < 1.29 is 9.94 Å². The lowest BCUT2D eigenvalue weighted by atomic mass is 10.3. The number of pyridine rings is 1. The number of amidine groups is 1. The first kappa shape index (κ1) is 12.9. The molecule has 0 amide bonds. The van der Waals surface area contributed by atoms with Crippen LogP contribution < -0.4 is 10.5 Å². The quantitative estimate of drug-likeness (QED) is 0.376. The highest BCUT2D eigenvalue weighted by Gasteiger charge is 2.13. The Kier molecular flexibility index (Phi) is 3.37. The van der Waals surface area contributed by atoms with Crippen molar-refractivity contribution in [2.75, 3.05) is 0 Å². The Balaban J connectivity index is 2.34. The number of aromatic nitrogens is 3. The van der Waals surface area contributed by atoms with Crippen molar-refractivity contribution in [2.24, 2.45) is 17.9 Å². The summed E-state index contributed by atoms with van der Waals surface area (Å²) in [6, 6.07) is 5.04. The molecule has 0 aliphatic carbocycles. The number of ether oxygens (including phenoxy) is 1. The van der Waals surface area contributed by atoms with Crippen LogP contribution in [0.15, 0.2) is 23.4 Å². The van der Waals surface area contributed by atoms with Gasteiger partial charge in [-0.2, -0.15) is 5.10 Å².